The van der Waals surface area contributed by atoms with Crippen LogP contribution < -0.4 is 0 Å². The van der Waals surface area contributed by atoms with E-state index in [1.54, 1.807) is 12.1 Å². The molecule has 0 saturated heterocycles. The highest BCUT2D eigenvalue weighted by Crippen LogP contribution is 2.42. The SMILES string of the molecule is CCS(=O)c1ccc(C(=O)c2cnoc2C2CC2)c(Cc2ccccc2)c1. The fraction of sp³-hybridized carbons (Fsp3) is 0.273. The van der Waals surface area contributed by atoms with Crippen molar-refractivity contribution in [3.8, 4) is 0 Å². The second-order valence-corrected chi connectivity index (χ2v) is 8.56. The molecular weight excluding hydrogens is 358 g/mol. The van der Waals surface area contributed by atoms with Gasteiger partial charge in [-0.3, -0.25) is 9.00 Å². The topological polar surface area (TPSA) is 60.2 Å². The number of nitrogens with zero attached hydrogens (tertiary/aromatic N) is 1. The molecular formula is C22H21NO3S. The van der Waals surface area contributed by atoms with Crippen molar-refractivity contribution in [2.45, 2.75) is 37.0 Å². The first-order valence-electron chi connectivity index (χ1n) is 9.22. The van der Waals surface area contributed by atoms with Crippen molar-refractivity contribution in [1.82, 2.24) is 5.16 Å². The van der Waals surface area contributed by atoms with Crippen LogP contribution >= 0.6 is 0 Å². The van der Waals surface area contributed by atoms with Crippen LogP contribution in [0.15, 0.2) is 64.1 Å². The molecule has 1 aliphatic carbocycles. The molecule has 2 aromatic carbocycles. The van der Waals surface area contributed by atoms with Gasteiger partial charge in [0.25, 0.3) is 0 Å². The maximum Gasteiger partial charge on any atom is 0.198 e. The monoisotopic (exact) mass is 379 g/mol. The summed E-state index contributed by atoms with van der Waals surface area (Å²) < 4.78 is 17.6. The molecule has 27 heavy (non-hydrogen) atoms. The molecule has 1 atom stereocenters. The summed E-state index contributed by atoms with van der Waals surface area (Å²) in [7, 11) is -1.06. The van der Waals surface area contributed by atoms with Crippen molar-refractivity contribution >= 4 is 16.6 Å². The average molecular weight is 379 g/mol. The Morgan fingerprint density at radius 3 is 2.63 bits per heavy atom. The van der Waals surface area contributed by atoms with Crippen LogP contribution in [0.2, 0.25) is 0 Å². The summed E-state index contributed by atoms with van der Waals surface area (Å²) in [5, 5.41) is 3.86. The standard InChI is InChI=1S/C22H21NO3S/c1-2-27(25)18-10-11-19(17(13-18)12-15-6-4-3-5-7-15)21(24)20-14-23-26-22(20)16-8-9-16/h3-7,10-11,13-14,16H,2,8-9,12H2,1H3. The smallest absolute Gasteiger partial charge is 0.198 e. The van der Waals surface area contributed by atoms with Gasteiger partial charge in [-0.25, -0.2) is 0 Å². The maximum atomic E-state index is 13.2. The predicted molar refractivity (Wildman–Crippen MR) is 105 cm³/mol. The van der Waals surface area contributed by atoms with Gasteiger partial charge in [0.05, 0.1) is 22.6 Å². The van der Waals surface area contributed by atoms with Gasteiger partial charge in [0, 0.05) is 22.1 Å². The van der Waals surface area contributed by atoms with E-state index in [0.29, 0.717) is 35.0 Å². The highest BCUT2D eigenvalue weighted by atomic mass is 32.2. The highest BCUT2D eigenvalue weighted by molar-refractivity contribution is 7.85. The number of aromatic nitrogens is 1. The first kappa shape index (κ1) is 17.9. The van der Waals surface area contributed by atoms with Crippen LogP contribution in [0.1, 0.15) is 58.5 Å². The van der Waals surface area contributed by atoms with E-state index in [4.69, 9.17) is 4.52 Å². The number of rotatable bonds is 7. The Morgan fingerprint density at radius 2 is 1.93 bits per heavy atom. The van der Waals surface area contributed by atoms with Gasteiger partial charge >= 0.3 is 0 Å². The number of ketones is 1. The first-order valence-corrected chi connectivity index (χ1v) is 10.5. The van der Waals surface area contributed by atoms with Crippen LogP contribution in [0.5, 0.6) is 0 Å². The van der Waals surface area contributed by atoms with Crippen LogP contribution in [0, 0.1) is 0 Å². The Kier molecular flexibility index (Phi) is 5.03. The number of hydrogen-bond acceptors (Lipinski definition) is 4. The summed E-state index contributed by atoms with van der Waals surface area (Å²) in [4.78, 5) is 14.0. The molecule has 1 aliphatic rings. The lowest BCUT2D eigenvalue weighted by Gasteiger charge is -2.11. The van der Waals surface area contributed by atoms with Gasteiger partial charge in [0.2, 0.25) is 0 Å². The van der Waals surface area contributed by atoms with Gasteiger partial charge in [0.15, 0.2) is 11.5 Å². The van der Waals surface area contributed by atoms with Crippen LogP contribution in [0.3, 0.4) is 0 Å². The third-order valence-electron chi connectivity index (χ3n) is 4.87. The van der Waals surface area contributed by atoms with Crippen LogP contribution in [0.25, 0.3) is 0 Å². The van der Waals surface area contributed by atoms with E-state index in [1.807, 2.05) is 43.3 Å². The summed E-state index contributed by atoms with van der Waals surface area (Å²) in [6.07, 6.45) is 4.22. The lowest BCUT2D eigenvalue weighted by atomic mass is 9.94. The molecule has 4 nitrogen and oxygen atoms in total. The highest BCUT2D eigenvalue weighted by Gasteiger charge is 2.33. The molecule has 1 saturated carbocycles. The molecule has 0 aliphatic heterocycles. The number of benzene rings is 2. The van der Waals surface area contributed by atoms with E-state index < -0.39 is 10.8 Å². The quantitative estimate of drug-likeness (QED) is 0.567. The number of carbonyl (C=O) groups is 1. The fourth-order valence-corrected chi connectivity index (χ4v) is 4.09. The summed E-state index contributed by atoms with van der Waals surface area (Å²) in [6.45, 7) is 1.89. The molecule has 1 fully saturated rings. The minimum absolute atomic E-state index is 0.0714. The van der Waals surface area contributed by atoms with Crippen molar-refractivity contribution < 1.29 is 13.5 Å². The van der Waals surface area contributed by atoms with Gasteiger partial charge in [0.1, 0.15) is 0 Å². The molecule has 1 aromatic heterocycles. The zero-order chi connectivity index (χ0) is 18.8. The van der Waals surface area contributed by atoms with Gasteiger partial charge in [-0.2, -0.15) is 0 Å². The van der Waals surface area contributed by atoms with Crippen molar-refractivity contribution in [3.05, 3.63) is 82.7 Å². The minimum Gasteiger partial charge on any atom is -0.360 e. The Balaban J connectivity index is 1.75. The van der Waals surface area contributed by atoms with E-state index >= 15 is 0 Å². The van der Waals surface area contributed by atoms with Crippen molar-refractivity contribution in [1.29, 1.82) is 0 Å². The minimum atomic E-state index is -1.06. The van der Waals surface area contributed by atoms with Crippen molar-refractivity contribution in [2.75, 3.05) is 5.75 Å². The third-order valence-corrected chi connectivity index (χ3v) is 6.18. The summed E-state index contributed by atoms with van der Waals surface area (Å²) in [5.41, 5.74) is 3.17. The Labute approximate surface area is 161 Å². The molecule has 1 unspecified atom stereocenters. The normalized spacial score (nSPS) is 14.9. The van der Waals surface area contributed by atoms with Crippen molar-refractivity contribution in [3.63, 3.8) is 0 Å². The lowest BCUT2D eigenvalue weighted by molar-refractivity contribution is 0.103. The molecule has 1 heterocycles. The van der Waals surface area contributed by atoms with E-state index in [2.05, 4.69) is 5.16 Å². The molecule has 0 N–H and O–H groups in total. The zero-order valence-corrected chi connectivity index (χ0v) is 16.0. The maximum absolute atomic E-state index is 13.2. The molecule has 138 valence electrons. The Hall–Kier alpha value is -2.53. The number of carbonyl (C=O) groups excluding carboxylic acids is 1. The van der Waals surface area contributed by atoms with Crippen LogP contribution in [0.4, 0.5) is 0 Å². The Morgan fingerprint density at radius 1 is 1.15 bits per heavy atom. The van der Waals surface area contributed by atoms with E-state index in [0.717, 1.165) is 28.9 Å². The molecule has 0 spiro atoms. The first-order chi connectivity index (χ1) is 13.2. The second kappa shape index (κ2) is 7.61. The second-order valence-electron chi connectivity index (χ2n) is 6.82. The molecule has 0 bridgehead atoms. The largest absolute Gasteiger partial charge is 0.360 e. The van der Waals surface area contributed by atoms with E-state index in [-0.39, 0.29) is 5.78 Å². The van der Waals surface area contributed by atoms with E-state index in [1.165, 1.54) is 6.20 Å². The zero-order valence-electron chi connectivity index (χ0n) is 15.2. The Bertz CT molecular complexity index is 990. The molecule has 0 radical (unpaired) electrons. The van der Waals surface area contributed by atoms with Crippen molar-refractivity contribution in [2.24, 2.45) is 0 Å². The number of hydrogen-bond donors (Lipinski definition) is 0. The van der Waals surface area contributed by atoms with Gasteiger partial charge in [-0.05, 0) is 48.6 Å². The molecule has 3 aromatic rings. The third kappa shape index (κ3) is 3.78. The predicted octanol–water partition coefficient (Wildman–Crippen LogP) is 4.50. The summed E-state index contributed by atoms with van der Waals surface area (Å²) in [6, 6.07) is 15.5. The lowest BCUT2D eigenvalue weighted by Crippen LogP contribution is -2.08. The van der Waals surface area contributed by atoms with Gasteiger partial charge in [-0.15, -0.1) is 0 Å². The molecule has 5 heteroatoms. The fourth-order valence-electron chi connectivity index (χ4n) is 3.27. The average Bonchev–Trinajstić information content (AvgIpc) is 3.44. The summed E-state index contributed by atoms with van der Waals surface area (Å²) >= 11 is 0. The van der Waals surface area contributed by atoms with Gasteiger partial charge < -0.3 is 4.52 Å². The molecule has 0 amide bonds. The molecule has 4 rings (SSSR count). The van der Waals surface area contributed by atoms with Crippen LogP contribution in [-0.4, -0.2) is 20.9 Å². The van der Waals surface area contributed by atoms with Crippen LogP contribution in [-0.2, 0) is 17.2 Å². The summed E-state index contributed by atoms with van der Waals surface area (Å²) in [5.74, 6) is 1.50. The van der Waals surface area contributed by atoms with Gasteiger partial charge in [-0.1, -0.05) is 42.4 Å². The van der Waals surface area contributed by atoms with E-state index in [9.17, 15) is 9.00 Å².